The van der Waals surface area contributed by atoms with E-state index in [0.29, 0.717) is 28.0 Å². The van der Waals surface area contributed by atoms with Crippen LogP contribution >= 0.6 is 11.8 Å². The first-order chi connectivity index (χ1) is 12.5. The normalized spacial score (nSPS) is 10.8. The molecule has 1 heterocycles. The number of halogens is 2. The van der Waals surface area contributed by atoms with Crippen LogP contribution < -0.4 is 15.3 Å². The van der Waals surface area contributed by atoms with Crippen molar-refractivity contribution in [3.8, 4) is 22.9 Å². The first-order valence-electron chi connectivity index (χ1n) is 7.53. The first-order valence-corrected chi connectivity index (χ1v) is 8.52. The number of hydrogen-bond acceptors (Lipinski definition) is 6. The highest BCUT2D eigenvalue weighted by Crippen LogP contribution is 2.32. The van der Waals surface area contributed by atoms with Crippen LogP contribution in [0.25, 0.3) is 11.4 Å². The minimum absolute atomic E-state index is 0.0341. The van der Waals surface area contributed by atoms with Crippen LogP contribution in [0.2, 0.25) is 0 Å². The third kappa shape index (κ3) is 3.43. The van der Waals surface area contributed by atoms with Gasteiger partial charge in [0, 0.05) is 16.9 Å². The Bertz CT molecular complexity index is 913. The molecule has 0 aliphatic heterocycles. The van der Waals surface area contributed by atoms with Crippen molar-refractivity contribution in [3.63, 3.8) is 0 Å². The minimum atomic E-state index is -0.610. The minimum Gasteiger partial charge on any atom is -0.493 e. The summed E-state index contributed by atoms with van der Waals surface area (Å²) in [4.78, 5) is 0. The highest BCUT2D eigenvalue weighted by molar-refractivity contribution is 7.98. The molecule has 0 aliphatic carbocycles. The average Bonchev–Trinajstić information content (AvgIpc) is 3.01. The van der Waals surface area contributed by atoms with Crippen LogP contribution in [0.15, 0.2) is 41.6 Å². The summed E-state index contributed by atoms with van der Waals surface area (Å²) in [6.45, 7) is 0. The van der Waals surface area contributed by atoms with Gasteiger partial charge in [0.1, 0.15) is 11.6 Å². The van der Waals surface area contributed by atoms with Crippen molar-refractivity contribution < 1.29 is 18.3 Å². The summed E-state index contributed by atoms with van der Waals surface area (Å²) in [6.07, 6.45) is 0. The topological polar surface area (TPSA) is 75.2 Å². The Labute approximate surface area is 152 Å². The molecule has 9 heteroatoms. The zero-order chi connectivity index (χ0) is 18.7. The number of hydrogen-bond donors (Lipinski definition) is 1. The molecule has 0 amide bonds. The molecule has 0 aliphatic rings. The molecule has 2 N–H and O–H groups in total. The maximum absolute atomic E-state index is 13.7. The van der Waals surface area contributed by atoms with E-state index in [1.807, 2.05) is 0 Å². The van der Waals surface area contributed by atoms with Gasteiger partial charge in [0.15, 0.2) is 17.3 Å². The molecule has 136 valence electrons. The highest BCUT2D eigenvalue weighted by Gasteiger charge is 2.16. The molecular formula is C17H16F2N4O2S. The van der Waals surface area contributed by atoms with Crippen molar-refractivity contribution in [3.05, 3.63) is 53.6 Å². The first kappa shape index (κ1) is 18.0. The molecule has 0 saturated heterocycles. The van der Waals surface area contributed by atoms with Crippen molar-refractivity contribution in [2.75, 3.05) is 20.1 Å². The number of aromatic nitrogens is 3. The van der Waals surface area contributed by atoms with Gasteiger partial charge in [-0.1, -0.05) is 17.8 Å². The molecular weight excluding hydrogens is 362 g/mol. The molecule has 26 heavy (non-hydrogen) atoms. The summed E-state index contributed by atoms with van der Waals surface area (Å²) >= 11 is 1.09. The molecule has 0 bridgehead atoms. The Morgan fingerprint density at radius 1 is 1.04 bits per heavy atom. The van der Waals surface area contributed by atoms with Crippen molar-refractivity contribution in [1.29, 1.82) is 0 Å². The summed E-state index contributed by atoms with van der Waals surface area (Å²) in [5, 5.41) is 8.39. The SMILES string of the molecule is COc1ccc(-c2nnc(SCc3c(F)cccc3F)n2N)cc1OC. The molecule has 0 spiro atoms. The van der Waals surface area contributed by atoms with Gasteiger partial charge in [-0.15, -0.1) is 10.2 Å². The van der Waals surface area contributed by atoms with Crippen LogP contribution in [0.1, 0.15) is 5.56 Å². The zero-order valence-corrected chi connectivity index (χ0v) is 14.9. The monoisotopic (exact) mass is 378 g/mol. The summed E-state index contributed by atoms with van der Waals surface area (Å²) in [5.41, 5.74) is 0.634. The Morgan fingerprint density at radius 2 is 1.73 bits per heavy atom. The summed E-state index contributed by atoms with van der Waals surface area (Å²) in [7, 11) is 3.07. The average molecular weight is 378 g/mol. The predicted octanol–water partition coefficient (Wildman–Crippen LogP) is 3.25. The van der Waals surface area contributed by atoms with Gasteiger partial charge in [0.25, 0.3) is 0 Å². The smallest absolute Gasteiger partial charge is 0.210 e. The second kappa shape index (κ2) is 7.61. The molecule has 6 nitrogen and oxygen atoms in total. The van der Waals surface area contributed by atoms with Crippen LogP contribution in [0.3, 0.4) is 0 Å². The number of rotatable bonds is 6. The Balaban J connectivity index is 1.84. The molecule has 0 atom stereocenters. The summed E-state index contributed by atoms with van der Waals surface area (Å²) < 4.78 is 39.2. The molecule has 0 unspecified atom stereocenters. The van der Waals surface area contributed by atoms with E-state index in [2.05, 4.69) is 10.2 Å². The number of benzene rings is 2. The van der Waals surface area contributed by atoms with E-state index in [1.165, 1.54) is 30.0 Å². The van der Waals surface area contributed by atoms with Crippen LogP contribution in [-0.2, 0) is 5.75 Å². The standard InChI is InChI=1S/C17H16F2N4O2S/c1-24-14-7-6-10(8-15(14)25-2)16-21-22-17(23(16)20)26-9-11-12(18)4-3-5-13(11)19/h3-8H,9,20H2,1-2H3. The number of nitrogens with two attached hydrogens (primary N) is 1. The lowest BCUT2D eigenvalue weighted by Crippen LogP contribution is -2.11. The van der Waals surface area contributed by atoms with Gasteiger partial charge in [-0.25, -0.2) is 13.5 Å². The second-order valence-electron chi connectivity index (χ2n) is 5.23. The van der Waals surface area contributed by atoms with E-state index >= 15 is 0 Å². The fourth-order valence-electron chi connectivity index (χ4n) is 2.35. The van der Waals surface area contributed by atoms with E-state index in [1.54, 1.807) is 25.3 Å². The van der Waals surface area contributed by atoms with Gasteiger partial charge in [-0.2, -0.15) is 0 Å². The molecule has 2 aromatic carbocycles. The Kier molecular flexibility index (Phi) is 5.27. The van der Waals surface area contributed by atoms with Crippen molar-refractivity contribution in [2.24, 2.45) is 0 Å². The lowest BCUT2D eigenvalue weighted by molar-refractivity contribution is 0.355. The Morgan fingerprint density at radius 3 is 2.38 bits per heavy atom. The summed E-state index contributed by atoms with van der Waals surface area (Å²) in [6, 6.07) is 8.95. The third-order valence-corrected chi connectivity index (χ3v) is 4.68. The number of methoxy groups -OCH3 is 2. The highest BCUT2D eigenvalue weighted by atomic mass is 32.2. The van der Waals surface area contributed by atoms with Crippen molar-refractivity contribution in [2.45, 2.75) is 10.9 Å². The predicted molar refractivity (Wildman–Crippen MR) is 94.6 cm³/mol. The molecule has 3 aromatic rings. The van der Waals surface area contributed by atoms with E-state index in [9.17, 15) is 8.78 Å². The van der Waals surface area contributed by atoms with Crippen LogP contribution in [0, 0.1) is 11.6 Å². The number of nitrogens with zero attached hydrogens (tertiary/aromatic N) is 3. The Hall–Kier alpha value is -2.81. The van der Waals surface area contributed by atoms with Crippen LogP contribution in [0.5, 0.6) is 11.5 Å². The maximum atomic E-state index is 13.7. The van der Waals surface area contributed by atoms with Crippen molar-refractivity contribution >= 4 is 11.8 Å². The van der Waals surface area contributed by atoms with Gasteiger partial charge >= 0.3 is 0 Å². The molecule has 0 radical (unpaired) electrons. The van der Waals surface area contributed by atoms with Gasteiger partial charge in [0.2, 0.25) is 5.16 Å². The fourth-order valence-corrected chi connectivity index (χ4v) is 3.23. The lowest BCUT2D eigenvalue weighted by Gasteiger charge is -2.09. The molecule has 1 aromatic heterocycles. The number of thioether (sulfide) groups is 1. The fraction of sp³-hybridized carbons (Fsp3) is 0.176. The largest absolute Gasteiger partial charge is 0.493 e. The lowest BCUT2D eigenvalue weighted by atomic mass is 10.2. The molecule has 3 rings (SSSR count). The second-order valence-corrected chi connectivity index (χ2v) is 6.18. The zero-order valence-electron chi connectivity index (χ0n) is 14.1. The summed E-state index contributed by atoms with van der Waals surface area (Å²) in [5.74, 6) is 6.36. The number of ether oxygens (including phenoxy) is 2. The van der Waals surface area contributed by atoms with Crippen LogP contribution in [0.4, 0.5) is 8.78 Å². The van der Waals surface area contributed by atoms with E-state index in [4.69, 9.17) is 15.3 Å². The van der Waals surface area contributed by atoms with Gasteiger partial charge in [-0.05, 0) is 30.3 Å². The van der Waals surface area contributed by atoms with Gasteiger partial charge in [-0.3, -0.25) is 0 Å². The maximum Gasteiger partial charge on any atom is 0.210 e. The molecule has 0 saturated carbocycles. The molecule has 0 fully saturated rings. The third-order valence-electron chi connectivity index (χ3n) is 3.71. The van der Waals surface area contributed by atoms with Gasteiger partial charge in [0.05, 0.1) is 14.2 Å². The van der Waals surface area contributed by atoms with E-state index in [0.717, 1.165) is 11.8 Å². The van der Waals surface area contributed by atoms with E-state index in [-0.39, 0.29) is 11.3 Å². The van der Waals surface area contributed by atoms with Crippen LogP contribution in [-0.4, -0.2) is 29.1 Å². The van der Waals surface area contributed by atoms with Crippen molar-refractivity contribution in [1.82, 2.24) is 14.9 Å². The number of nitrogen functional groups attached to an aromatic ring is 1. The quantitative estimate of drug-likeness (QED) is 0.524. The van der Waals surface area contributed by atoms with Gasteiger partial charge < -0.3 is 15.3 Å². The van der Waals surface area contributed by atoms with E-state index < -0.39 is 11.6 Å².